The van der Waals surface area contributed by atoms with Gasteiger partial charge in [-0.05, 0) is 30.9 Å². The minimum Gasteiger partial charge on any atom is -0.358 e. The van der Waals surface area contributed by atoms with Crippen molar-refractivity contribution >= 4 is 17.5 Å². The number of hydrogen-bond acceptors (Lipinski definition) is 5. The molecule has 1 aromatic carbocycles. The molecule has 0 amide bonds. The number of benzene rings is 1. The molecule has 0 atom stereocenters. The number of para-hydroxylation sites is 1. The maximum Gasteiger partial charge on any atom is 0.249 e. The lowest BCUT2D eigenvalue weighted by Gasteiger charge is -2.18. The Balaban J connectivity index is 2.21. The van der Waals surface area contributed by atoms with E-state index in [2.05, 4.69) is 64.4 Å². The predicted molar refractivity (Wildman–Crippen MR) is 91.8 cm³/mol. The SMILES string of the molecule is CCCCN(C)c1cnnc(Nc2c(C)cccc2CC)n1. The van der Waals surface area contributed by atoms with Crippen molar-refractivity contribution in [2.45, 2.75) is 40.0 Å². The van der Waals surface area contributed by atoms with Gasteiger partial charge in [0, 0.05) is 19.3 Å². The van der Waals surface area contributed by atoms with Crippen LogP contribution in [0.1, 0.15) is 37.8 Å². The molecule has 0 saturated heterocycles. The van der Waals surface area contributed by atoms with Gasteiger partial charge in [0.05, 0.1) is 6.20 Å². The molecule has 2 rings (SSSR count). The van der Waals surface area contributed by atoms with Crippen LogP contribution in [0.5, 0.6) is 0 Å². The first-order valence-corrected chi connectivity index (χ1v) is 7.92. The smallest absolute Gasteiger partial charge is 0.249 e. The summed E-state index contributed by atoms with van der Waals surface area (Å²) in [7, 11) is 2.04. The number of anilines is 3. The Hall–Kier alpha value is -2.17. The maximum absolute atomic E-state index is 4.58. The minimum absolute atomic E-state index is 0.546. The van der Waals surface area contributed by atoms with E-state index in [1.165, 1.54) is 11.1 Å². The number of rotatable bonds is 7. The van der Waals surface area contributed by atoms with Crippen LogP contribution in [0.2, 0.25) is 0 Å². The first-order valence-electron chi connectivity index (χ1n) is 7.92. The van der Waals surface area contributed by atoms with Crippen LogP contribution >= 0.6 is 0 Å². The van der Waals surface area contributed by atoms with Gasteiger partial charge in [0.2, 0.25) is 5.95 Å². The summed E-state index contributed by atoms with van der Waals surface area (Å²) in [6.45, 7) is 7.39. The van der Waals surface area contributed by atoms with Crippen molar-refractivity contribution in [3.05, 3.63) is 35.5 Å². The van der Waals surface area contributed by atoms with Crippen molar-refractivity contribution in [2.75, 3.05) is 23.8 Å². The van der Waals surface area contributed by atoms with Crippen LogP contribution in [0.4, 0.5) is 17.5 Å². The summed E-state index contributed by atoms with van der Waals surface area (Å²) in [5.74, 6) is 1.39. The summed E-state index contributed by atoms with van der Waals surface area (Å²) in [5.41, 5.74) is 3.53. The highest BCUT2D eigenvalue weighted by atomic mass is 15.3. The molecule has 22 heavy (non-hydrogen) atoms. The predicted octanol–water partition coefficient (Wildman–Crippen LogP) is 3.72. The van der Waals surface area contributed by atoms with E-state index in [9.17, 15) is 0 Å². The lowest BCUT2D eigenvalue weighted by Crippen LogP contribution is -2.20. The van der Waals surface area contributed by atoms with Crippen LogP contribution in [-0.4, -0.2) is 28.8 Å². The third-order valence-corrected chi connectivity index (χ3v) is 3.76. The van der Waals surface area contributed by atoms with Crippen molar-refractivity contribution in [3.8, 4) is 0 Å². The minimum atomic E-state index is 0.546. The number of aromatic nitrogens is 3. The van der Waals surface area contributed by atoms with E-state index in [0.29, 0.717) is 5.95 Å². The largest absolute Gasteiger partial charge is 0.358 e. The van der Waals surface area contributed by atoms with E-state index in [-0.39, 0.29) is 0 Å². The standard InChI is InChI=1S/C17H25N5/c1-5-7-11-22(4)15-12-18-21-17(19-15)20-16-13(3)9-8-10-14(16)6-2/h8-10,12H,5-7,11H2,1-4H3,(H,19,20,21). The molecule has 0 bridgehead atoms. The van der Waals surface area contributed by atoms with Gasteiger partial charge in [-0.25, -0.2) is 0 Å². The van der Waals surface area contributed by atoms with Gasteiger partial charge >= 0.3 is 0 Å². The zero-order chi connectivity index (χ0) is 15.9. The average Bonchev–Trinajstić information content (AvgIpc) is 2.54. The van der Waals surface area contributed by atoms with Gasteiger partial charge in [0.15, 0.2) is 5.82 Å². The Morgan fingerprint density at radius 3 is 2.77 bits per heavy atom. The Labute approximate surface area is 132 Å². The Bertz CT molecular complexity index is 612. The fourth-order valence-electron chi connectivity index (χ4n) is 2.36. The number of hydrogen-bond donors (Lipinski definition) is 1. The highest BCUT2D eigenvalue weighted by Gasteiger charge is 2.09. The molecule has 1 heterocycles. The molecule has 0 fully saturated rings. The Kier molecular flexibility index (Phi) is 5.69. The highest BCUT2D eigenvalue weighted by Crippen LogP contribution is 2.24. The van der Waals surface area contributed by atoms with Crippen molar-refractivity contribution in [2.24, 2.45) is 0 Å². The van der Waals surface area contributed by atoms with Gasteiger partial charge in [0.1, 0.15) is 0 Å². The first kappa shape index (κ1) is 16.2. The van der Waals surface area contributed by atoms with Gasteiger partial charge < -0.3 is 10.2 Å². The van der Waals surface area contributed by atoms with E-state index in [1.807, 2.05) is 7.05 Å². The normalized spacial score (nSPS) is 10.5. The Morgan fingerprint density at radius 1 is 1.23 bits per heavy atom. The lowest BCUT2D eigenvalue weighted by atomic mass is 10.1. The first-order chi connectivity index (χ1) is 10.7. The average molecular weight is 299 g/mol. The molecule has 0 saturated carbocycles. The zero-order valence-electron chi connectivity index (χ0n) is 13.9. The third-order valence-electron chi connectivity index (χ3n) is 3.76. The molecule has 0 aliphatic rings. The molecule has 1 N–H and O–H groups in total. The van der Waals surface area contributed by atoms with E-state index < -0.39 is 0 Å². The second-order valence-corrected chi connectivity index (χ2v) is 5.50. The summed E-state index contributed by atoms with van der Waals surface area (Å²) < 4.78 is 0. The van der Waals surface area contributed by atoms with Gasteiger partial charge in [-0.15, -0.1) is 5.10 Å². The van der Waals surface area contributed by atoms with Crippen LogP contribution in [-0.2, 0) is 6.42 Å². The zero-order valence-corrected chi connectivity index (χ0v) is 13.9. The molecule has 2 aromatic rings. The molecule has 118 valence electrons. The van der Waals surface area contributed by atoms with Crippen molar-refractivity contribution < 1.29 is 0 Å². The summed E-state index contributed by atoms with van der Waals surface area (Å²) in [6.07, 6.45) is 4.98. The fraction of sp³-hybridized carbons (Fsp3) is 0.471. The second-order valence-electron chi connectivity index (χ2n) is 5.50. The second kappa shape index (κ2) is 7.73. The van der Waals surface area contributed by atoms with Crippen LogP contribution in [0.15, 0.2) is 24.4 Å². The van der Waals surface area contributed by atoms with Crippen molar-refractivity contribution in [1.82, 2.24) is 15.2 Å². The quantitative estimate of drug-likeness (QED) is 0.844. The number of unbranched alkanes of at least 4 members (excludes halogenated alkanes) is 1. The fourth-order valence-corrected chi connectivity index (χ4v) is 2.36. The molecular formula is C17H25N5. The van der Waals surface area contributed by atoms with Crippen LogP contribution in [0.25, 0.3) is 0 Å². The molecule has 0 radical (unpaired) electrons. The van der Waals surface area contributed by atoms with Crippen LogP contribution in [0.3, 0.4) is 0 Å². The maximum atomic E-state index is 4.58. The number of nitrogens with one attached hydrogen (secondary N) is 1. The molecule has 0 unspecified atom stereocenters. The van der Waals surface area contributed by atoms with Gasteiger partial charge in [-0.2, -0.15) is 10.1 Å². The summed E-state index contributed by atoms with van der Waals surface area (Å²) in [4.78, 5) is 6.69. The molecule has 0 aliphatic carbocycles. The number of nitrogens with zero attached hydrogens (tertiary/aromatic N) is 4. The molecule has 0 aliphatic heterocycles. The summed E-state index contributed by atoms with van der Waals surface area (Å²) in [5, 5.41) is 11.5. The van der Waals surface area contributed by atoms with Crippen LogP contribution in [0, 0.1) is 6.92 Å². The molecule has 5 heteroatoms. The molecular weight excluding hydrogens is 274 g/mol. The lowest BCUT2D eigenvalue weighted by molar-refractivity contribution is 0.754. The Morgan fingerprint density at radius 2 is 2.05 bits per heavy atom. The van der Waals surface area contributed by atoms with Gasteiger partial charge in [-0.1, -0.05) is 38.5 Å². The summed E-state index contributed by atoms with van der Waals surface area (Å²) in [6, 6.07) is 6.29. The molecule has 1 aromatic heterocycles. The van der Waals surface area contributed by atoms with Crippen molar-refractivity contribution in [1.29, 1.82) is 0 Å². The molecule has 0 spiro atoms. The van der Waals surface area contributed by atoms with Gasteiger partial charge in [-0.3, -0.25) is 0 Å². The van der Waals surface area contributed by atoms with Gasteiger partial charge in [0.25, 0.3) is 0 Å². The monoisotopic (exact) mass is 299 g/mol. The van der Waals surface area contributed by atoms with E-state index in [1.54, 1.807) is 6.20 Å². The van der Waals surface area contributed by atoms with E-state index >= 15 is 0 Å². The number of aryl methyl sites for hydroxylation is 2. The third kappa shape index (κ3) is 3.93. The van der Waals surface area contributed by atoms with E-state index in [0.717, 1.165) is 37.3 Å². The van der Waals surface area contributed by atoms with E-state index in [4.69, 9.17) is 0 Å². The van der Waals surface area contributed by atoms with Crippen molar-refractivity contribution in [3.63, 3.8) is 0 Å². The topological polar surface area (TPSA) is 53.9 Å². The highest BCUT2D eigenvalue weighted by molar-refractivity contribution is 5.63. The summed E-state index contributed by atoms with van der Waals surface area (Å²) >= 11 is 0. The van der Waals surface area contributed by atoms with Crippen LogP contribution < -0.4 is 10.2 Å². The molecule has 5 nitrogen and oxygen atoms in total.